The minimum Gasteiger partial charge on any atom is -0.370 e. The minimum atomic E-state index is 0.834. The highest BCUT2D eigenvalue weighted by Crippen LogP contribution is 2.21. The zero-order valence-corrected chi connectivity index (χ0v) is 12.8. The van der Waals surface area contributed by atoms with Crippen LogP contribution in [0.5, 0.6) is 0 Å². The van der Waals surface area contributed by atoms with E-state index < -0.39 is 0 Å². The van der Waals surface area contributed by atoms with Crippen molar-refractivity contribution < 1.29 is 0 Å². The van der Waals surface area contributed by atoms with Crippen molar-refractivity contribution in [3.05, 3.63) is 58.9 Å². The van der Waals surface area contributed by atoms with Crippen LogP contribution in [0.15, 0.2) is 36.5 Å². The van der Waals surface area contributed by atoms with Gasteiger partial charge in [0.2, 0.25) is 0 Å². The van der Waals surface area contributed by atoms with Gasteiger partial charge in [0.25, 0.3) is 0 Å². The lowest BCUT2D eigenvalue weighted by Gasteiger charge is -2.23. The highest BCUT2D eigenvalue weighted by Gasteiger charge is 2.09. The normalized spacial score (nSPS) is 10.6. The highest BCUT2D eigenvalue weighted by atomic mass is 15.1. The molecule has 106 valence electrons. The van der Waals surface area contributed by atoms with Gasteiger partial charge in [-0.3, -0.25) is 4.98 Å². The van der Waals surface area contributed by atoms with Crippen LogP contribution in [0.25, 0.3) is 0 Å². The van der Waals surface area contributed by atoms with Crippen LogP contribution in [0.1, 0.15) is 22.4 Å². The fraction of sp³-hybridized carbons (Fsp3) is 0.353. The smallest absolute Gasteiger partial charge is 0.0445 e. The van der Waals surface area contributed by atoms with E-state index in [1.54, 1.807) is 0 Å². The molecule has 0 saturated heterocycles. The van der Waals surface area contributed by atoms with Gasteiger partial charge in [-0.05, 0) is 32.5 Å². The molecule has 2 rings (SSSR count). The lowest BCUT2D eigenvalue weighted by Crippen LogP contribution is -2.20. The second-order valence-corrected chi connectivity index (χ2v) is 5.33. The molecule has 20 heavy (non-hydrogen) atoms. The summed E-state index contributed by atoms with van der Waals surface area (Å²) in [5, 5.41) is 3.21. The third kappa shape index (κ3) is 3.58. The molecule has 1 N–H and O–H groups in total. The molecule has 0 aliphatic heterocycles. The Morgan fingerprint density at radius 1 is 1.20 bits per heavy atom. The lowest BCUT2D eigenvalue weighted by molar-refractivity contribution is 0.798. The third-order valence-electron chi connectivity index (χ3n) is 3.38. The van der Waals surface area contributed by atoms with Crippen molar-refractivity contribution in [3.63, 3.8) is 0 Å². The first kappa shape index (κ1) is 14.5. The van der Waals surface area contributed by atoms with Crippen molar-refractivity contribution in [1.29, 1.82) is 0 Å². The number of hydrogen-bond donors (Lipinski definition) is 1. The Bertz CT molecular complexity index is 578. The molecule has 0 radical (unpaired) electrons. The maximum atomic E-state index is 4.40. The molecule has 2 aromatic rings. The largest absolute Gasteiger partial charge is 0.370 e. The standard InChI is InChI=1S/C17H23N3/c1-13-6-5-7-15(8-13)12-20(4)17-9-14(2)19-11-16(17)10-18-3/h5-9,11,18H,10,12H2,1-4H3. The van der Waals surface area contributed by atoms with E-state index in [2.05, 4.69) is 59.5 Å². The van der Waals surface area contributed by atoms with Crippen molar-refractivity contribution >= 4 is 5.69 Å². The van der Waals surface area contributed by atoms with Crippen LogP contribution in [-0.4, -0.2) is 19.1 Å². The van der Waals surface area contributed by atoms with E-state index in [0.717, 1.165) is 18.8 Å². The number of nitrogens with one attached hydrogen (secondary N) is 1. The van der Waals surface area contributed by atoms with Crippen LogP contribution >= 0.6 is 0 Å². The summed E-state index contributed by atoms with van der Waals surface area (Å²) in [6, 6.07) is 10.8. The zero-order chi connectivity index (χ0) is 14.5. The Hall–Kier alpha value is -1.87. The second kappa shape index (κ2) is 6.53. The van der Waals surface area contributed by atoms with E-state index in [-0.39, 0.29) is 0 Å². The number of nitrogens with zero attached hydrogens (tertiary/aromatic N) is 2. The molecule has 0 atom stereocenters. The van der Waals surface area contributed by atoms with Crippen LogP contribution in [0.2, 0.25) is 0 Å². The van der Waals surface area contributed by atoms with Gasteiger partial charge in [-0.2, -0.15) is 0 Å². The number of aromatic nitrogens is 1. The number of rotatable bonds is 5. The summed E-state index contributed by atoms with van der Waals surface area (Å²) in [4.78, 5) is 6.68. The van der Waals surface area contributed by atoms with E-state index in [0.29, 0.717) is 0 Å². The Kier molecular flexibility index (Phi) is 4.74. The average molecular weight is 269 g/mol. The average Bonchev–Trinajstić information content (AvgIpc) is 2.41. The van der Waals surface area contributed by atoms with E-state index in [1.165, 1.54) is 22.4 Å². The highest BCUT2D eigenvalue weighted by molar-refractivity contribution is 5.53. The van der Waals surface area contributed by atoms with E-state index in [9.17, 15) is 0 Å². The molecule has 0 bridgehead atoms. The summed E-state index contributed by atoms with van der Waals surface area (Å²) in [5.74, 6) is 0. The number of anilines is 1. The molecular formula is C17H23N3. The Morgan fingerprint density at radius 3 is 2.70 bits per heavy atom. The Balaban J connectivity index is 2.23. The van der Waals surface area contributed by atoms with Gasteiger partial charge in [0, 0.05) is 43.3 Å². The van der Waals surface area contributed by atoms with Crippen LogP contribution < -0.4 is 10.2 Å². The van der Waals surface area contributed by atoms with Crippen LogP contribution in [-0.2, 0) is 13.1 Å². The topological polar surface area (TPSA) is 28.2 Å². The molecule has 0 aliphatic carbocycles. The molecule has 0 fully saturated rings. The maximum absolute atomic E-state index is 4.40. The third-order valence-corrected chi connectivity index (χ3v) is 3.38. The van der Waals surface area contributed by atoms with Gasteiger partial charge in [0.1, 0.15) is 0 Å². The van der Waals surface area contributed by atoms with E-state index >= 15 is 0 Å². The predicted molar refractivity (Wildman–Crippen MR) is 85.0 cm³/mol. The molecular weight excluding hydrogens is 246 g/mol. The molecule has 0 amide bonds. The number of pyridine rings is 1. The summed E-state index contributed by atoms with van der Waals surface area (Å²) in [7, 11) is 4.10. The molecule has 3 nitrogen and oxygen atoms in total. The van der Waals surface area contributed by atoms with Gasteiger partial charge >= 0.3 is 0 Å². The fourth-order valence-electron chi connectivity index (χ4n) is 2.43. The quantitative estimate of drug-likeness (QED) is 0.904. The maximum Gasteiger partial charge on any atom is 0.0445 e. The van der Waals surface area contributed by atoms with Crippen molar-refractivity contribution in [2.45, 2.75) is 26.9 Å². The van der Waals surface area contributed by atoms with Gasteiger partial charge in [-0.25, -0.2) is 0 Å². The van der Waals surface area contributed by atoms with Crippen LogP contribution in [0, 0.1) is 13.8 Å². The van der Waals surface area contributed by atoms with Gasteiger partial charge in [0.15, 0.2) is 0 Å². The predicted octanol–water partition coefficient (Wildman–Crippen LogP) is 3.05. The first-order valence-corrected chi connectivity index (χ1v) is 6.97. The number of hydrogen-bond acceptors (Lipinski definition) is 3. The van der Waals surface area contributed by atoms with Crippen LogP contribution in [0.3, 0.4) is 0 Å². The van der Waals surface area contributed by atoms with Crippen molar-refractivity contribution in [3.8, 4) is 0 Å². The molecule has 1 heterocycles. The summed E-state index contributed by atoms with van der Waals surface area (Å²) >= 11 is 0. The lowest BCUT2D eigenvalue weighted by atomic mass is 10.1. The van der Waals surface area contributed by atoms with Gasteiger partial charge < -0.3 is 10.2 Å². The Labute approximate surface area is 121 Å². The van der Waals surface area contributed by atoms with Gasteiger partial charge in [-0.15, -0.1) is 0 Å². The molecule has 0 spiro atoms. The number of benzene rings is 1. The van der Waals surface area contributed by atoms with Gasteiger partial charge in [-0.1, -0.05) is 29.8 Å². The van der Waals surface area contributed by atoms with Crippen molar-refractivity contribution in [2.24, 2.45) is 0 Å². The van der Waals surface area contributed by atoms with Crippen LogP contribution in [0.4, 0.5) is 5.69 Å². The first-order valence-electron chi connectivity index (χ1n) is 6.97. The zero-order valence-electron chi connectivity index (χ0n) is 12.8. The minimum absolute atomic E-state index is 0.834. The molecule has 0 saturated carbocycles. The molecule has 0 aliphatic rings. The van der Waals surface area contributed by atoms with Gasteiger partial charge in [0.05, 0.1) is 0 Å². The van der Waals surface area contributed by atoms with E-state index in [1.807, 2.05) is 20.2 Å². The SMILES string of the molecule is CNCc1cnc(C)cc1N(C)Cc1cccc(C)c1. The monoisotopic (exact) mass is 269 g/mol. The van der Waals surface area contributed by atoms with Crippen molar-refractivity contribution in [2.75, 3.05) is 19.0 Å². The molecule has 1 aromatic heterocycles. The Morgan fingerprint density at radius 2 is 2.00 bits per heavy atom. The molecule has 3 heteroatoms. The summed E-state index contributed by atoms with van der Waals surface area (Å²) in [5.41, 5.74) is 6.16. The van der Waals surface area contributed by atoms with E-state index in [4.69, 9.17) is 0 Å². The molecule has 1 aromatic carbocycles. The first-order chi connectivity index (χ1) is 9.60. The second-order valence-electron chi connectivity index (χ2n) is 5.33. The summed E-state index contributed by atoms with van der Waals surface area (Å²) < 4.78 is 0. The molecule has 0 unspecified atom stereocenters. The summed E-state index contributed by atoms with van der Waals surface area (Å²) in [6.07, 6.45) is 1.97. The fourth-order valence-corrected chi connectivity index (χ4v) is 2.43. The number of aryl methyl sites for hydroxylation is 2. The van der Waals surface area contributed by atoms with Crippen molar-refractivity contribution in [1.82, 2.24) is 10.3 Å². The summed E-state index contributed by atoms with van der Waals surface area (Å²) in [6.45, 7) is 5.91.